The largest absolute Gasteiger partial charge is 0.462 e. The van der Waals surface area contributed by atoms with Crippen LogP contribution in [-0.4, -0.2) is 37.2 Å². The van der Waals surface area contributed by atoms with Crippen molar-refractivity contribution >= 4 is 17.9 Å². The first kappa shape index (κ1) is 51.6. The Morgan fingerprint density at radius 3 is 1.17 bits per heavy atom. The van der Waals surface area contributed by atoms with Gasteiger partial charge in [-0.25, -0.2) is 0 Å². The molecule has 314 valence electrons. The first-order valence-electron chi connectivity index (χ1n) is 23.0. The lowest BCUT2D eigenvalue weighted by molar-refractivity contribution is -0.167. The fourth-order valence-electron chi connectivity index (χ4n) is 6.38. The predicted molar refractivity (Wildman–Crippen MR) is 229 cm³/mol. The van der Waals surface area contributed by atoms with E-state index < -0.39 is 6.10 Å². The van der Waals surface area contributed by atoms with E-state index in [1.807, 2.05) is 0 Å². The van der Waals surface area contributed by atoms with Crippen LogP contribution in [0.3, 0.4) is 0 Å². The van der Waals surface area contributed by atoms with Crippen LogP contribution in [0.4, 0.5) is 0 Å². The maximum Gasteiger partial charge on any atom is 0.306 e. The molecule has 0 rings (SSSR count). The summed E-state index contributed by atoms with van der Waals surface area (Å²) in [5.41, 5.74) is 0. The molecular formula is C48H86O6. The van der Waals surface area contributed by atoms with Crippen LogP contribution in [0, 0.1) is 0 Å². The highest BCUT2D eigenvalue weighted by atomic mass is 16.6. The zero-order valence-corrected chi connectivity index (χ0v) is 35.7. The van der Waals surface area contributed by atoms with E-state index in [4.69, 9.17) is 14.2 Å². The Bertz CT molecular complexity index is 922. The molecule has 6 nitrogen and oxygen atoms in total. The number of unbranched alkanes of at least 4 members (excludes halogenated alkanes) is 25. The van der Waals surface area contributed by atoms with Gasteiger partial charge in [0, 0.05) is 19.3 Å². The second kappa shape index (κ2) is 43.4. The van der Waals surface area contributed by atoms with E-state index in [1.165, 1.54) is 128 Å². The summed E-state index contributed by atoms with van der Waals surface area (Å²) in [6.07, 6.45) is 48.4. The van der Waals surface area contributed by atoms with Gasteiger partial charge in [0.15, 0.2) is 6.10 Å². The molecule has 54 heavy (non-hydrogen) atoms. The van der Waals surface area contributed by atoms with Crippen LogP contribution >= 0.6 is 0 Å². The Kier molecular flexibility index (Phi) is 41.5. The third-order valence-electron chi connectivity index (χ3n) is 9.90. The first-order chi connectivity index (χ1) is 26.5. The van der Waals surface area contributed by atoms with Gasteiger partial charge in [-0.05, 0) is 64.2 Å². The molecule has 6 heteroatoms. The van der Waals surface area contributed by atoms with Crippen molar-refractivity contribution in [3.05, 3.63) is 36.5 Å². The van der Waals surface area contributed by atoms with E-state index in [9.17, 15) is 14.4 Å². The summed E-state index contributed by atoms with van der Waals surface area (Å²) < 4.78 is 16.6. The van der Waals surface area contributed by atoms with E-state index in [1.54, 1.807) is 0 Å². The van der Waals surface area contributed by atoms with Gasteiger partial charge < -0.3 is 14.2 Å². The zero-order chi connectivity index (χ0) is 39.4. The fraction of sp³-hybridized carbons (Fsp3) is 0.812. The molecule has 0 amide bonds. The van der Waals surface area contributed by atoms with Gasteiger partial charge in [-0.3, -0.25) is 14.4 Å². The fourth-order valence-corrected chi connectivity index (χ4v) is 6.38. The molecule has 0 N–H and O–H groups in total. The summed E-state index contributed by atoms with van der Waals surface area (Å²) in [4.78, 5) is 37.6. The third kappa shape index (κ3) is 40.8. The summed E-state index contributed by atoms with van der Waals surface area (Å²) in [7, 11) is 0. The highest BCUT2D eigenvalue weighted by Crippen LogP contribution is 2.14. The van der Waals surface area contributed by atoms with Crippen LogP contribution < -0.4 is 0 Å². The normalized spacial score (nSPS) is 12.3. The Balaban J connectivity index is 4.37. The Morgan fingerprint density at radius 1 is 0.370 bits per heavy atom. The lowest BCUT2D eigenvalue weighted by Crippen LogP contribution is -2.30. The van der Waals surface area contributed by atoms with Crippen molar-refractivity contribution in [1.29, 1.82) is 0 Å². The van der Waals surface area contributed by atoms with Crippen LogP contribution in [0.1, 0.15) is 233 Å². The molecule has 0 fully saturated rings. The molecule has 1 unspecified atom stereocenters. The molecular weight excluding hydrogens is 673 g/mol. The minimum atomic E-state index is -0.781. The number of esters is 3. The number of ether oxygens (including phenoxy) is 3. The number of allylic oxidation sites excluding steroid dienone is 6. The monoisotopic (exact) mass is 759 g/mol. The molecule has 1 atom stereocenters. The van der Waals surface area contributed by atoms with Gasteiger partial charge >= 0.3 is 17.9 Å². The molecule has 0 radical (unpaired) electrons. The molecule has 0 aromatic rings. The predicted octanol–water partition coefficient (Wildman–Crippen LogP) is 14.6. The van der Waals surface area contributed by atoms with Crippen molar-refractivity contribution in [3.8, 4) is 0 Å². The molecule has 0 aliphatic carbocycles. The van der Waals surface area contributed by atoms with E-state index in [0.29, 0.717) is 19.3 Å². The number of hydrogen-bond acceptors (Lipinski definition) is 6. The quantitative estimate of drug-likeness (QED) is 0.0203. The standard InChI is InChI=1S/C48H86O6/c1-4-7-10-13-16-19-21-23-24-25-27-29-32-35-38-41-47(50)53-44-45(43-52-46(49)40-37-34-31-28-18-15-12-9-6-3)54-48(51)42-39-36-33-30-26-22-20-17-14-11-8-5-2/h16,19,21,23,28,31,45H,4-15,17-18,20,22,24-27,29-30,32-44H2,1-3H3/b19-16-,23-21-,31-28-. The Morgan fingerprint density at radius 2 is 0.685 bits per heavy atom. The number of carbonyl (C=O) groups is 3. The summed E-state index contributed by atoms with van der Waals surface area (Å²) in [5.74, 6) is -0.930. The van der Waals surface area contributed by atoms with Gasteiger partial charge in [-0.15, -0.1) is 0 Å². The SMILES string of the molecule is CCCCC/C=C\C=C/CCCCCCCCC(=O)OCC(COC(=O)CCC/C=C\CCCCCC)OC(=O)CCCCCCCCCCCCCC. The average Bonchev–Trinajstić information content (AvgIpc) is 3.17. The molecule has 0 bridgehead atoms. The second-order valence-electron chi connectivity index (χ2n) is 15.3. The van der Waals surface area contributed by atoms with Crippen LogP contribution in [0.25, 0.3) is 0 Å². The van der Waals surface area contributed by atoms with Gasteiger partial charge in [-0.2, -0.15) is 0 Å². The lowest BCUT2D eigenvalue weighted by Gasteiger charge is -2.18. The average molecular weight is 759 g/mol. The first-order valence-corrected chi connectivity index (χ1v) is 23.0. The molecule has 0 aliphatic rings. The van der Waals surface area contributed by atoms with Crippen LogP contribution in [0.5, 0.6) is 0 Å². The lowest BCUT2D eigenvalue weighted by atomic mass is 10.0. The number of rotatable bonds is 41. The van der Waals surface area contributed by atoms with Crippen molar-refractivity contribution in [2.45, 2.75) is 239 Å². The Hall–Kier alpha value is -2.37. The molecule has 0 spiro atoms. The Labute approximate surface area is 334 Å². The number of hydrogen-bond donors (Lipinski definition) is 0. The minimum absolute atomic E-state index is 0.0848. The van der Waals surface area contributed by atoms with Crippen molar-refractivity contribution in [2.24, 2.45) is 0 Å². The van der Waals surface area contributed by atoms with Crippen molar-refractivity contribution in [1.82, 2.24) is 0 Å². The van der Waals surface area contributed by atoms with Crippen LogP contribution in [-0.2, 0) is 28.6 Å². The molecule has 0 aromatic carbocycles. The summed E-state index contributed by atoms with van der Waals surface area (Å²) in [6, 6.07) is 0. The van der Waals surface area contributed by atoms with E-state index >= 15 is 0 Å². The maximum absolute atomic E-state index is 12.7. The highest BCUT2D eigenvalue weighted by molar-refractivity contribution is 5.71. The molecule has 0 saturated carbocycles. The molecule has 0 aliphatic heterocycles. The number of carbonyl (C=O) groups excluding carboxylic acids is 3. The second-order valence-corrected chi connectivity index (χ2v) is 15.3. The maximum atomic E-state index is 12.7. The van der Waals surface area contributed by atoms with Crippen molar-refractivity contribution < 1.29 is 28.6 Å². The summed E-state index contributed by atoms with van der Waals surface area (Å²) in [6.45, 7) is 6.53. The van der Waals surface area contributed by atoms with Gasteiger partial charge in [0.05, 0.1) is 0 Å². The summed E-state index contributed by atoms with van der Waals surface area (Å²) >= 11 is 0. The van der Waals surface area contributed by atoms with E-state index in [-0.39, 0.29) is 31.1 Å². The zero-order valence-electron chi connectivity index (χ0n) is 35.7. The highest BCUT2D eigenvalue weighted by Gasteiger charge is 2.19. The van der Waals surface area contributed by atoms with E-state index in [0.717, 1.165) is 64.2 Å². The smallest absolute Gasteiger partial charge is 0.306 e. The summed E-state index contributed by atoms with van der Waals surface area (Å²) in [5, 5.41) is 0. The van der Waals surface area contributed by atoms with Crippen LogP contribution in [0.2, 0.25) is 0 Å². The minimum Gasteiger partial charge on any atom is -0.462 e. The van der Waals surface area contributed by atoms with E-state index in [2.05, 4.69) is 57.2 Å². The van der Waals surface area contributed by atoms with Crippen molar-refractivity contribution in [2.75, 3.05) is 13.2 Å². The van der Waals surface area contributed by atoms with Crippen molar-refractivity contribution in [3.63, 3.8) is 0 Å². The van der Waals surface area contributed by atoms with Gasteiger partial charge in [0.1, 0.15) is 13.2 Å². The van der Waals surface area contributed by atoms with Gasteiger partial charge in [0.25, 0.3) is 0 Å². The van der Waals surface area contributed by atoms with Gasteiger partial charge in [0.2, 0.25) is 0 Å². The molecule has 0 aromatic heterocycles. The topological polar surface area (TPSA) is 78.9 Å². The van der Waals surface area contributed by atoms with Gasteiger partial charge in [-0.1, -0.05) is 186 Å². The van der Waals surface area contributed by atoms with Crippen LogP contribution in [0.15, 0.2) is 36.5 Å². The third-order valence-corrected chi connectivity index (χ3v) is 9.90. The molecule has 0 heterocycles. The molecule has 0 saturated heterocycles.